The van der Waals surface area contributed by atoms with Crippen LogP contribution in [0.1, 0.15) is 144 Å². The van der Waals surface area contributed by atoms with Crippen molar-refractivity contribution in [3.05, 3.63) is 0 Å². The van der Waals surface area contributed by atoms with Crippen LogP contribution < -0.4 is 0 Å². The molecule has 0 saturated heterocycles. The predicted molar refractivity (Wildman–Crippen MR) is 150 cm³/mol. The van der Waals surface area contributed by atoms with Gasteiger partial charge in [0.15, 0.2) is 0 Å². The molecule has 0 heterocycles. The molecule has 0 radical (unpaired) electrons. The number of rotatable bonds is 4. The number of esters is 2. The Morgan fingerprint density at radius 3 is 1.17 bits per heavy atom. The van der Waals surface area contributed by atoms with E-state index < -0.39 is 16.6 Å². The maximum Gasteiger partial charge on any atom is 0.312 e. The van der Waals surface area contributed by atoms with Gasteiger partial charge in [-0.2, -0.15) is 0 Å². The van der Waals surface area contributed by atoms with Crippen molar-refractivity contribution >= 4 is 11.9 Å². The van der Waals surface area contributed by atoms with Crippen LogP contribution in [0.5, 0.6) is 0 Å². The van der Waals surface area contributed by atoms with Crippen molar-refractivity contribution in [1.82, 2.24) is 0 Å². The minimum atomic E-state index is -0.474. The molecule has 0 fully saturated rings. The van der Waals surface area contributed by atoms with Crippen LogP contribution in [0.2, 0.25) is 0 Å². The van der Waals surface area contributed by atoms with E-state index in [9.17, 15) is 9.59 Å². The van der Waals surface area contributed by atoms with E-state index in [1.807, 2.05) is 48.5 Å². The summed E-state index contributed by atoms with van der Waals surface area (Å²) in [5.41, 5.74) is -1.26. The third kappa shape index (κ3) is 15.6. The Kier molecular flexibility index (Phi) is 11.9. The number of ether oxygens (including phenoxy) is 2. The van der Waals surface area contributed by atoms with Gasteiger partial charge in [0.25, 0.3) is 0 Å². The van der Waals surface area contributed by atoms with Crippen molar-refractivity contribution in [3.8, 4) is 0 Å². The fourth-order valence-electron chi connectivity index (χ4n) is 3.82. The molecule has 4 nitrogen and oxygen atoms in total. The summed E-state index contributed by atoms with van der Waals surface area (Å²) in [6.45, 7) is 39.2. The average molecular weight is 499 g/mol. The molecule has 0 aromatic heterocycles. The molecular weight excluding hydrogens is 436 g/mol. The van der Waals surface area contributed by atoms with Gasteiger partial charge in [0, 0.05) is 0 Å². The van der Waals surface area contributed by atoms with Gasteiger partial charge in [-0.05, 0) is 83.0 Å². The van der Waals surface area contributed by atoms with E-state index in [1.54, 1.807) is 0 Å². The lowest BCUT2D eigenvalue weighted by atomic mass is 9.61. The molecule has 0 aliphatic carbocycles. The molecular formula is C31H62O4. The summed E-state index contributed by atoms with van der Waals surface area (Å²) in [5, 5.41) is 0. The third-order valence-electron chi connectivity index (χ3n) is 5.94. The summed E-state index contributed by atoms with van der Waals surface area (Å²) in [6.07, 6.45) is 1.67. The summed E-state index contributed by atoms with van der Waals surface area (Å²) >= 11 is 0. The molecule has 35 heavy (non-hydrogen) atoms. The second-order valence-corrected chi connectivity index (χ2v) is 17.0. The highest BCUT2D eigenvalue weighted by molar-refractivity contribution is 5.78. The molecule has 0 aromatic rings. The first-order valence-corrected chi connectivity index (χ1v) is 13.3. The van der Waals surface area contributed by atoms with Gasteiger partial charge in [0.1, 0.15) is 11.2 Å². The number of carbonyl (C=O) groups is 2. The van der Waals surface area contributed by atoms with Gasteiger partial charge in [0.2, 0.25) is 0 Å². The fraction of sp³-hybridized carbons (Fsp3) is 0.935. The number of carbonyl (C=O) groups excluding carboxylic acids is 2. The van der Waals surface area contributed by atoms with Crippen LogP contribution in [0.25, 0.3) is 0 Å². The molecule has 2 unspecified atom stereocenters. The first kappa shape index (κ1) is 36.1. The Hall–Kier alpha value is -1.06. The lowest BCUT2D eigenvalue weighted by molar-refractivity contribution is -0.176. The first-order valence-electron chi connectivity index (χ1n) is 13.3. The zero-order chi connectivity index (χ0) is 29.1. The Labute approximate surface area is 219 Å². The smallest absolute Gasteiger partial charge is 0.312 e. The molecule has 2 atom stereocenters. The minimum Gasteiger partial charge on any atom is -0.460 e. The van der Waals surface area contributed by atoms with Gasteiger partial charge >= 0.3 is 11.9 Å². The molecule has 0 rings (SSSR count). The summed E-state index contributed by atoms with van der Waals surface area (Å²) < 4.78 is 11.2. The summed E-state index contributed by atoms with van der Waals surface area (Å²) in [4.78, 5) is 24.8. The Morgan fingerprint density at radius 1 is 0.571 bits per heavy atom. The average Bonchev–Trinajstić information content (AvgIpc) is 2.44. The first-order chi connectivity index (χ1) is 14.8. The SMILES string of the molecule is CC(C)(C)CC(C(=O)OC(C)(C)C)C(C)(C)C.CC(C)(C)CC(C)(C(=O)OC(C)(C)C)C(C)(C)C. The monoisotopic (exact) mass is 498 g/mol. The van der Waals surface area contributed by atoms with E-state index in [2.05, 4.69) is 83.1 Å². The van der Waals surface area contributed by atoms with E-state index in [-0.39, 0.29) is 39.5 Å². The second kappa shape index (κ2) is 11.5. The Bertz CT molecular complexity index is 676. The standard InChI is InChI=1S/C16H32O2.C15H30O2/c1-13(2,3)11-16(10,14(4,5)6)12(17)18-15(7,8)9;1-13(2,3)10-11(14(4,5)6)12(16)17-15(7,8)9/h11H2,1-10H3;11H,10H2,1-9H3. The highest BCUT2D eigenvalue weighted by Gasteiger charge is 2.48. The molecule has 0 spiro atoms. The van der Waals surface area contributed by atoms with E-state index >= 15 is 0 Å². The largest absolute Gasteiger partial charge is 0.460 e. The third-order valence-corrected chi connectivity index (χ3v) is 5.94. The van der Waals surface area contributed by atoms with Crippen molar-refractivity contribution < 1.29 is 19.1 Å². The molecule has 0 bridgehead atoms. The molecule has 0 aliphatic heterocycles. The zero-order valence-corrected chi connectivity index (χ0v) is 27.1. The highest BCUT2D eigenvalue weighted by Crippen LogP contribution is 2.48. The number of hydrogen-bond donors (Lipinski definition) is 0. The lowest BCUT2D eigenvalue weighted by Gasteiger charge is -2.44. The van der Waals surface area contributed by atoms with Crippen LogP contribution in [-0.2, 0) is 19.1 Å². The quantitative estimate of drug-likeness (QED) is 0.362. The van der Waals surface area contributed by atoms with Crippen LogP contribution in [0.3, 0.4) is 0 Å². The lowest BCUT2D eigenvalue weighted by Crippen LogP contribution is -2.46. The molecule has 4 heteroatoms. The van der Waals surface area contributed by atoms with Crippen LogP contribution >= 0.6 is 0 Å². The Balaban J connectivity index is 0. The summed E-state index contributed by atoms with van der Waals surface area (Å²) in [6, 6.07) is 0. The van der Waals surface area contributed by atoms with E-state index in [1.165, 1.54) is 0 Å². The zero-order valence-electron chi connectivity index (χ0n) is 27.1. The fourth-order valence-corrected chi connectivity index (χ4v) is 3.82. The van der Waals surface area contributed by atoms with Gasteiger partial charge in [-0.25, -0.2) is 0 Å². The maximum absolute atomic E-state index is 12.6. The molecule has 0 aromatic carbocycles. The van der Waals surface area contributed by atoms with Crippen molar-refractivity contribution in [2.75, 3.05) is 0 Å². The maximum atomic E-state index is 12.6. The summed E-state index contributed by atoms with van der Waals surface area (Å²) in [7, 11) is 0. The normalized spacial score (nSPS) is 16.4. The molecule has 0 amide bonds. The van der Waals surface area contributed by atoms with Crippen molar-refractivity contribution in [3.63, 3.8) is 0 Å². The van der Waals surface area contributed by atoms with Gasteiger partial charge in [-0.1, -0.05) is 83.1 Å². The van der Waals surface area contributed by atoms with E-state index in [0.29, 0.717) is 0 Å². The topological polar surface area (TPSA) is 52.6 Å². The highest BCUT2D eigenvalue weighted by atomic mass is 16.6. The second-order valence-electron chi connectivity index (χ2n) is 17.0. The predicted octanol–water partition coefficient (Wildman–Crippen LogP) is 9.24. The molecule has 0 N–H and O–H groups in total. The molecule has 210 valence electrons. The van der Waals surface area contributed by atoms with Crippen LogP contribution in [0.15, 0.2) is 0 Å². The van der Waals surface area contributed by atoms with Crippen LogP contribution in [-0.4, -0.2) is 23.1 Å². The van der Waals surface area contributed by atoms with Crippen LogP contribution in [0, 0.1) is 33.0 Å². The van der Waals surface area contributed by atoms with Crippen molar-refractivity contribution in [1.29, 1.82) is 0 Å². The van der Waals surface area contributed by atoms with E-state index in [4.69, 9.17) is 9.47 Å². The van der Waals surface area contributed by atoms with Crippen LogP contribution in [0.4, 0.5) is 0 Å². The molecule has 0 aliphatic rings. The van der Waals surface area contributed by atoms with Crippen molar-refractivity contribution in [2.24, 2.45) is 33.0 Å². The van der Waals surface area contributed by atoms with Gasteiger partial charge in [-0.3, -0.25) is 9.59 Å². The molecule has 0 saturated carbocycles. The van der Waals surface area contributed by atoms with E-state index in [0.717, 1.165) is 12.8 Å². The van der Waals surface area contributed by atoms with Gasteiger partial charge in [-0.15, -0.1) is 0 Å². The van der Waals surface area contributed by atoms with Crippen molar-refractivity contribution in [2.45, 2.75) is 156 Å². The Morgan fingerprint density at radius 2 is 0.943 bits per heavy atom. The number of hydrogen-bond acceptors (Lipinski definition) is 4. The van der Waals surface area contributed by atoms with Gasteiger partial charge in [0.05, 0.1) is 11.3 Å². The van der Waals surface area contributed by atoms with Gasteiger partial charge < -0.3 is 9.47 Å². The minimum absolute atomic E-state index is 0.0540. The summed E-state index contributed by atoms with van der Waals surface area (Å²) in [5.74, 6) is -0.209.